The van der Waals surface area contributed by atoms with Crippen LogP contribution in [0.3, 0.4) is 0 Å². The standard InChI is InChI=1S/C25H21N5O/c31-23-14-22(25-21(28-23)12-7-13-26-25)27-15-20-17-30(16-18-8-3-1-4-9-18)29-24(20)19-10-5-2-6-11-19/h1-14,17H,15-16H2,(H2,27,28,31). The predicted molar refractivity (Wildman–Crippen MR) is 123 cm³/mol. The molecular weight excluding hydrogens is 386 g/mol. The van der Waals surface area contributed by atoms with Gasteiger partial charge in [0.05, 0.1) is 23.4 Å². The van der Waals surface area contributed by atoms with Gasteiger partial charge in [0.2, 0.25) is 0 Å². The summed E-state index contributed by atoms with van der Waals surface area (Å²) in [6.45, 7) is 1.21. The van der Waals surface area contributed by atoms with E-state index in [4.69, 9.17) is 5.10 Å². The van der Waals surface area contributed by atoms with Gasteiger partial charge in [-0.3, -0.25) is 14.5 Å². The van der Waals surface area contributed by atoms with E-state index in [2.05, 4.69) is 45.7 Å². The number of hydrogen-bond acceptors (Lipinski definition) is 4. The van der Waals surface area contributed by atoms with Crippen LogP contribution in [0.4, 0.5) is 5.69 Å². The number of nitrogens with one attached hydrogen (secondary N) is 2. The van der Waals surface area contributed by atoms with Crippen molar-refractivity contribution in [2.24, 2.45) is 0 Å². The smallest absolute Gasteiger partial charge is 0.250 e. The van der Waals surface area contributed by atoms with Crippen LogP contribution in [0.5, 0.6) is 0 Å². The molecule has 6 heteroatoms. The van der Waals surface area contributed by atoms with E-state index in [9.17, 15) is 4.79 Å². The summed E-state index contributed by atoms with van der Waals surface area (Å²) in [5.74, 6) is 0. The van der Waals surface area contributed by atoms with Gasteiger partial charge >= 0.3 is 0 Å². The number of nitrogens with zero attached hydrogens (tertiary/aromatic N) is 3. The molecule has 2 aromatic carbocycles. The van der Waals surface area contributed by atoms with Crippen molar-refractivity contribution in [1.82, 2.24) is 19.7 Å². The van der Waals surface area contributed by atoms with Gasteiger partial charge in [-0.1, -0.05) is 60.7 Å². The van der Waals surface area contributed by atoms with E-state index < -0.39 is 0 Å². The Morgan fingerprint density at radius 2 is 1.71 bits per heavy atom. The zero-order valence-corrected chi connectivity index (χ0v) is 16.8. The van der Waals surface area contributed by atoms with Crippen LogP contribution in [0.15, 0.2) is 96.1 Å². The Hall–Kier alpha value is -4.19. The minimum atomic E-state index is -0.161. The van der Waals surface area contributed by atoms with Crippen molar-refractivity contribution in [3.8, 4) is 11.3 Å². The van der Waals surface area contributed by atoms with Crippen LogP contribution in [-0.2, 0) is 13.1 Å². The van der Waals surface area contributed by atoms with E-state index in [0.29, 0.717) is 24.3 Å². The molecule has 0 aliphatic rings. The van der Waals surface area contributed by atoms with E-state index in [1.807, 2.05) is 53.2 Å². The Balaban J connectivity index is 1.49. The van der Waals surface area contributed by atoms with Gasteiger partial charge in [-0.05, 0) is 17.7 Å². The maximum absolute atomic E-state index is 12.1. The van der Waals surface area contributed by atoms with Crippen molar-refractivity contribution < 1.29 is 0 Å². The Bertz CT molecular complexity index is 1370. The van der Waals surface area contributed by atoms with Gasteiger partial charge in [-0.2, -0.15) is 5.10 Å². The lowest BCUT2D eigenvalue weighted by molar-refractivity contribution is 0.688. The molecule has 0 fully saturated rings. The zero-order valence-electron chi connectivity index (χ0n) is 16.8. The Morgan fingerprint density at radius 3 is 2.52 bits per heavy atom. The molecule has 31 heavy (non-hydrogen) atoms. The molecule has 0 amide bonds. The first kappa shape index (κ1) is 18.8. The second-order valence-electron chi connectivity index (χ2n) is 7.35. The summed E-state index contributed by atoms with van der Waals surface area (Å²) in [6, 6.07) is 25.6. The van der Waals surface area contributed by atoms with Gasteiger partial charge in [-0.15, -0.1) is 0 Å². The molecule has 3 aromatic heterocycles. The van der Waals surface area contributed by atoms with Gasteiger partial charge in [0, 0.05) is 36.1 Å². The van der Waals surface area contributed by atoms with Crippen LogP contribution < -0.4 is 10.9 Å². The van der Waals surface area contributed by atoms with E-state index in [1.54, 1.807) is 12.3 Å². The van der Waals surface area contributed by atoms with Gasteiger partial charge in [0.25, 0.3) is 5.56 Å². The van der Waals surface area contributed by atoms with Crippen LogP contribution in [0.1, 0.15) is 11.1 Å². The number of aromatic amines is 1. The number of hydrogen-bond donors (Lipinski definition) is 2. The highest BCUT2D eigenvalue weighted by Crippen LogP contribution is 2.24. The monoisotopic (exact) mass is 407 g/mol. The highest BCUT2D eigenvalue weighted by Gasteiger charge is 2.13. The Kier molecular flexibility index (Phi) is 5.02. The first-order valence-electron chi connectivity index (χ1n) is 10.1. The summed E-state index contributed by atoms with van der Waals surface area (Å²) in [6.07, 6.45) is 3.78. The molecule has 0 aliphatic heterocycles. The van der Waals surface area contributed by atoms with Crippen LogP contribution >= 0.6 is 0 Å². The highest BCUT2D eigenvalue weighted by atomic mass is 16.1. The van der Waals surface area contributed by atoms with Crippen LogP contribution in [0, 0.1) is 0 Å². The second-order valence-corrected chi connectivity index (χ2v) is 7.35. The maximum atomic E-state index is 12.1. The molecule has 152 valence electrons. The van der Waals surface area contributed by atoms with Gasteiger partial charge in [-0.25, -0.2) is 0 Å². The average Bonchev–Trinajstić information content (AvgIpc) is 3.21. The summed E-state index contributed by atoms with van der Waals surface area (Å²) in [5.41, 5.74) is 6.20. The van der Waals surface area contributed by atoms with Crippen molar-refractivity contribution in [3.05, 3.63) is 113 Å². The fourth-order valence-corrected chi connectivity index (χ4v) is 3.70. The normalized spacial score (nSPS) is 11.0. The van der Waals surface area contributed by atoms with Crippen molar-refractivity contribution in [3.63, 3.8) is 0 Å². The molecule has 2 N–H and O–H groups in total. The summed E-state index contributed by atoms with van der Waals surface area (Å²) < 4.78 is 1.96. The third-order valence-electron chi connectivity index (χ3n) is 5.14. The molecule has 0 saturated carbocycles. The third kappa shape index (κ3) is 4.09. The fourth-order valence-electron chi connectivity index (χ4n) is 3.70. The Morgan fingerprint density at radius 1 is 0.935 bits per heavy atom. The van der Waals surface area contributed by atoms with Crippen LogP contribution in [-0.4, -0.2) is 19.7 Å². The SMILES string of the molecule is O=c1cc(NCc2cn(Cc3ccccc3)nc2-c2ccccc2)c2ncccc2[nH]1. The molecule has 0 saturated heterocycles. The molecule has 3 heterocycles. The number of aromatic nitrogens is 4. The molecule has 5 aromatic rings. The topological polar surface area (TPSA) is 75.6 Å². The van der Waals surface area contributed by atoms with E-state index >= 15 is 0 Å². The lowest BCUT2D eigenvalue weighted by Crippen LogP contribution is -2.09. The lowest BCUT2D eigenvalue weighted by Gasteiger charge is -2.09. The predicted octanol–water partition coefficient (Wildman–Crippen LogP) is 4.45. The quantitative estimate of drug-likeness (QED) is 0.436. The van der Waals surface area contributed by atoms with Crippen LogP contribution in [0.25, 0.3) is 22.3 Å². The van der Waals surface area contributed by atoms with Crippen molar-refractivity contribution in [2.45, 2.75) is 13.1 Å². The van der Waals surface area contributed by atoms with Crippen molar-refractivity contribution in [2.75, 3.05) is 5.32 Å². The highest BCUT2D eigenvalue weighted by molar-refractivity contribution is 5.86. The molecule has 0 unspecified atom stereocenters. The summed E-state index contributed by atoms with van der Waals surface area (Å²) in [7, 11) is 0. The largest absolute Gasteiger partial charge is 0.379 e. The average molecular weight is 407 g/mol. The fraction of sp³-hybridized carbons (Fsp3) is 0.0800. The summed E-state index contributed by atoms with van der Waals surface area (Å²) in [5, 5.41) is 8.26. The molecular formula is C25H21N5O. The summed E-state index contributed by atoms with van der Waals surface area (Å²) in [4.78, 5) is 19.3. The van der Waals surface area contributed by atoms with Gasteiger partial charge in [0.15, 0.2) is 0 Å². The molecule has 5 rings (SSSR count). The lowest BCUT2D eigenvalue weighted by atomic mass is 10.1. The number of rotatable bonds is 6. The first-order chi connectivity index (χ1) is 15.3. The number of H-pyrrole nitrogens is 1. The molecule has 0 aliphatic carbocycles. The van der Waals surface area contributed by atoms with E-state index in [1.165, 1.54) is 5.56 Å². The molecule has 0 radical (unpaired) electrons. The molecule has 0 atom stereocenters. The molecule has 0 bridgehead atoms. The van der Waals surface area contributed by atoms with Crippen molar-refractivity contribution in [1.29, 1.82) is 0 Å². The first-order valence-corrected chi connectivity index (χ1v) is 10.1. The zero-order chi connectivity index (χ0) is 21.0. The van der Waals surface area contributed by atoms with E-state index in [-0.39, 0.29) is 5.56 Å². The van der Waals surface area contributed by atoms with Gasteiger partial charge in [0.1, 0.15) is 5.52 Å². The van der Waals surface area contributed by atoms with Crippen LogP contribution in [0.2, 0.25) is 0 Å². The minimum Gasteiger partial charge on any atom is -0.379 e. The van der Waals surface area contributed by atoms with Crippen molar-refractivity contribution >= 4 is 16.7 Å². The molecule has 6 nitrogen and oxygen atoms in total. The second kappa shape index (κ2) is 8.28. The third-order valence-corrected chi connectivity index (χ3v) is 5.14. The molecule has 0 spiro atoms. The summed E-state index contributed by atoms with van der Waals surface area (Å²) >= 11 is 0. The van der Waals surface area contributed by atoms with E-state index in [0.717, 1.165) is 22.3 Å². The number of pyridine rings is 2. The number of anilines is 1. The number of benzene rings is 2. The number of fused-ring (bicyclic) bond motifs is 1. The van der Waals surface area contributed by atoms with Gasteiger partial charge < -0.3 is 10.3 Å². The maximum Gasteiger partial charge on any atom is 0.250 e. The minimum absolute atomic E-state index is 0.161. The Labute approximate surface area is 179 Å².